The van der Waals surface area contributed by atoms with Crippen molar-refractivity contribution in [3.8, 4) is 5.69 Å². The van der Waals surface area contributed by atoms with Crippen LogP contribution in [-0.4, -0.2) is 33.2 Å². The smallest absolute Gasteiger partial charge is 0.244 e. The Balaban J connectivity index is 1.37. The average Bonchev–Trinajstić information content (AvgIpc) is 3.37. The lowest BCUT2D eigenvalue weighted by molar-refractivity contribution is -0.117. The maximum Gasteiger partial charge on any atom is 0.244 e. The number of nitrogens with one attached hydrogen (secondary N) is 1. The minimum atomic E-state index is -0.0744. The third-order valence-corrected chi connectivity index (χ3v) is 5.73. The van der Waals surface area contributed by atoms with Crippen molar-refractivity contribution in [3.63, 3.8) is 0 Å². The Bertz CT molecular complexity index is 752. The van der Waals surface area contributed by atoms with Crippen LogP contribution in [0.25, 0.3) is 11.8 Å². The summed E-state index contributed by atoms with van der Waals surface area (Å²) in [6.07, 6.45) is 12.3. The number of aromatic nitrogens is 2. The molecule has 1 heterocycles. The van der Waals surface area contributed by atoms with Crippen LogP contribution in [0.1, 0.15) is 24.8 Å². The largest absolute Gasteiger partial charge is 0.396 e. The first-order valence-corrected chi connectivity index (χ1v) is 8.92. The third kappa shape index (κ3) is 3.24. The molecule has 2 aromatic rings. The van der Waals surface area contributed by atoms with Crippen molar-refractivity contribution in [2.75, 3.05) is 6.61 Å². The Kier molecular flexibility index (Phi) is 4.40. The molecule has 2 aliphatic carbocycles. The van der Waals surface area contributed by atoms with Crippen LogP contribution in [0.3, 0.4) is 0 Å². The fourth-order valence-corrected chi connectivity index (χ4v) is 4.45. The maximum absolute atomic E-state index is 12.3. The monoisotopic (exact) mass is 337 g/mol. The fraction of sp³-hybridized carbons (Fsp3) is 0.400. The molecule has 2 bridgehead atoms. The second-order valence-electron chi connectivity index (χ2n) is 7.11. The van der Waals surface area contributed by atoms with Gasteiger partial charge in [0.2, 0.25) is 5.91 Å². The van der Waals surface area contributed by atoms with E-state index in [2.05, 4.69) is 10.3 Å². The molecule has 4 unspecified atom stereocenters. The number of hydrogen-bond donors (Lipinski definition) is 2. The molecule has 1 amide bonds. The van der Waals surface area contributed by atoms with Crippen LogP contribution >= 0.6 is 0 Å². The van der Waals surface area contributed by atoms with E-state index >= 15 is 0 Å². The molecule has 130 valence electrons. The maximum atomic E-state index is 12.3. The SMILES string of the molecule is O=C(/C=C/c1ccc(-n2ccnc2)cc1)NC1C2CCC(C2)C1CO. The summed E-state index contributed by atoms with van der Waals surface area (Å²) in [7, 11) is 0. The standard InChI is InChI=1S/C20H23N3O2/c24-12-18-15-4-5-16(11-15)20(18)22-19(25)8-3-14-1-6-17(7-2-14)23-10-9-21-13-23/h1-3,6-10,13,15-16,18,20,24H,4-5,11-12H2,(H,22,25)/b8-3+. The summed E-state index contributed by atoms with van der Waals surface area (Å²) >= 11 is 0. The normalized spacial score (nSPS) is 27.9. The number of aliphatic hydroxyl groups is 1. The first-order valence-electron chi connectivity index (χ1n) is 8.92. The highest BCUT2D eigenvalue weighted by atomic mass is 16.3. The molecule has 4 rings (SSSR count). The van der Waals surface area contributed by atoms with Gasteiger partial charge in [-0.05, 0) is 54.9 Å². The van der Waals surface area contributed by atoms with Crippen molar-refractivity contribution in [2.24, 2.45) is 17.8 Å². The summed E-state index contributed by atoms with van der Waals surface area (Å²) in [5.74, 6) is 1.27. The summed E-state index contributed by atoms with van der Waals surface area (Å²) in [6, 6.07) is 8.08. The lowest BCUT2D eigenvalue weighted by Crippen LogP contribution is -2.44. The number of benzene rings is 1. The molecular formula is C20H23N3O2. The van der Waals surface area contributed by atoms with Gasteiger partial charge in [0.05, 0.1) is 6.33 Å². The van der Waals surface area contributed by atoms with Crippen LogP contribution in [0.4, 0.5) is 0 Å². The van der Waals surface area contributed by atoms with Crippen molar-refractivity contribution in [2.45, 2.75) is 25.3 Å². The Labute approximate surface area is 147 Å². The van der Waals surface area contributed by atoms with Gasteiger partial charge >= 0.3 is 0 Å². The Morgan fingerprint density at radius 2 is 2.08 bits per heavy atom. The number of rotatable bonds is 5. The van der Waals surface area contributed by atoms with Gasteiger partial charge in [0, 0.05) is 42.7 Å². The van der Waals surface area contributed by atoms with Gasteiger partial charge in [0.25, 0.3) is 0 Å². The van der Waals surface area contributed by atoms with Gasteiger partial charge < -0.3 is 15.0 Å². The minimum absolute atomic E-state index is 0.0744. The number of nitrogens with zero attached hydrogens (tertiary/aromatic N) is 2. The van der Waals surface area contributed by atoms with E-state index in [4.69, 9.17) is 0 Å². The second-order valence-corrected chi connectivity index (χ2v) is 7.11. The van der Waals surface area contributed by atoms with Crippen molar-refractivity contribution in [3.05, 3.63) is 54.6 Å². The number of carbonyl (C=O) groups excluding carboxylic acids is 1. The predicted molar refractivity (Wildman–Crippen MR) is 95.9 cm³/mol. The molecular weight excluding hydrogens is 314 g/mol. The summed E-state index contributed by atoms with van der Waals surface area (Å²) in [5, 5.41) is 12.7. The van der Waals surface area contributed by atoms with E-state index in [-0.39, 0.29) is 24.5 Å². The lowest BCUT2D eigenvalue weighted by atomic mass is 9.85. The van der Waals surface area contributed by atoms with Crippen molar-refractivity contribution < 1.29 is 9.90 Å². The van der Waals surface area contributed by atoms with E-state index in [1.165, 1.54) is 12.8 Å². The molecule has 0 radical (unpaired) electrons. The molecule has 0 aliphatic heterocycles. The van der Waals surface area contributed by atoms with E-state index in [0.717, 1.165) is 17.7 Å². The highest BCUT2D eigenvalue weighted by Crippen LogP contribution is 2.48. The Morgan fingerprint density at radius 1 is 1.28 bits per heavy atom. The molecule has 2 fully saturated rings. The van der Waals surface area contributed by atoms with Gasteiger partial charge in [-0.2, -0.15) is 0 Å². The summed E-state index contributed by atoms with van der Waals surface area (Å²) in [5.41, 5.74) is 2.01. The minimum Gasteiger partial charge on any atom is -0.396 e. The first kappa shape index (κ1) is 16.1. The molecule has 0 saturated heterocycles. The van der Waals surface area contributed by atoms with Gasteiger partial charge in [-0.15, -0.1) is 0 Å². The van der Waals surface area contributed by atoms with Crippen molar-refractivity contribution >= 4 is 12.0 Å². The Hall–Kier alpha value is -2.40. The molecule has 2 N–H and O–H groups in total. The van der Waals surface area contributed by atoms with Crippen molar-refractivity contribution in [1.29, 1.82) is 0 Å². The van der Waals surface area contributed by atoms with Crippen LogP contribution in [0.2, 0.25) is 0 Å². The lowest BCUT2D eigenvalue weighted by Gasteiger charge is -2.30. The molecule has 5 heteroatoms. The number of imidazole rings is 1. The van der Waals surface area contributed by atoms with Crippen molar-refractivity contribution in [1.82, 2.24) is 14.9 Å². The molecule has 0 spiro atoms. The number of aliphatic hydroxyl groups excluding tert-OH is 1. The zero-order chi connectivity index (χ0) is 17.2. The first-order chi connectivity index (χ1) is 12.2. The third-order valence-electron chi connectivity index (χ3n) is 5.73. The van der Waals surface area contributed by atoms with Crippen LogP contribution in [0, 0.1) is 17.8 Å². The van der Waals surface area contributed by atoms with Gasteiger partial charge in [-0.25, -0.2) is 4.98 Å². The molecule has 25 heavy (non-hydrogen) atoms. The zero-order valence-electron chi connectivity index (χ0n) is 14.1. The number of carbonyl (C=O) groups is 1. The van der Waals surface area contributed by atoms with E-state index < -0.39 is 0 Å². The molecule has 2 saturated carbocycles. The van der Waals surface area contributed by atoms with Crippen LogP contribution in [0.5, 0.6) is 0 Å². The molecule has 2 aliphatic rings. The number of hydrogen-bond acceptors (Lipinski definition) is 3. The molecule has 5 nitrogen and oxygen atoms in total. The molecule has 4 atom stereocenters. The highest BCUT2D eigenvalue weighted by molar-refractivity contribution is 5.92. The fourth-order valence-electron chi connectivity index (χ4n) is 4.45. The van der Waals surface area contributed by atoms with E-state index in [0.29, 0.717) is 11.8 Å². The number of amides is 1. The average molecular weight is 337 g/mol. The quantitative estimate of drug-likeness (QED) is 0.824. The molecule has 1 aromatic heterocycles. The molecule has 1 aromatic carbocycles. The van der Waals surface area contributed by atoms with Gasteiger partial charge in [0.1, 0.15) is 0 Å². The van der Waals surface area contributed by atoms with Crippen LogP contribution in [-0.2, 0) is 4.79 Å². The summed E-state index contributed by atoms with van der Waals surface area (Å²) in [6.45, 7) is 0.172. The van der Waals surface area contributed by atoms with E-state index in [1.54, 1.807) is 18.6 Å². The highest BCUT2D eigenvalue weighted by Gasteiger charge is 2.47. The summed E-state index contributed by atoms with van der Waals surface area (Å²) < 4.78 is 1.93. The predicted octanol–water partition coefficient (Wildman–Crippen LogP) is 2.41. The second kappa shape index (κ2) is 6.84. The topological polar surface area (TPSA) is 67.2 Å². The van der Waals surface area contributed by atoms with E-state index in [1.807, 2.05) is 41.1 Å². The van der Waals surface area contributed by atoms with Gasteiger partial charge in [-0.3, -0.25) is 4.79 Å². The van der Waals surface area contributed by atoms with E-state index in [9.17, 15) is 9.90 Å². The number of fused-ring (bicyclic) bond motifs is 2. The van der Waals surface area contributed by atoms with Gasteiger partial charge in [0.15, 0.2) is 0 Å². The Morgan fingerprint density at radius 3 is 2.80 bits per heavy atom. The van der Waals surface area contributed by atoms with Crippen LogP contribution in [0.15, 0.2) is 49.1 Å². The summed E-state index contributed by atoms with van der Waals surface area (Å²) in [4.78, 5) is 16.3. The van der Waals surface area contributed by atoms with Crippen LogP contribution < -0.4 is 5.32 Å². The van der Waals surface area contributed by atoms with Gasteiger partial charge in [-0.1, -0.05) is 12.1 Å². The zero-order valence-corrected chi connectivity index (χ0v) is 14.1.